The first-order valence-corrected chi connectivity index (χ1v) is 13.6. The van der Waals surface area contributed by atoms with E-state index in [4.69, 9.17) is 9.88 Å². The van der Waals surface area contributed by atoms with Crippen molar-refractivity contribution in [2.24, 2.45) is 10.6 Å². The van der Waals surface area contributed by atoms with Gasteiger partial charge in [-0.25, -0.2) is 26.7 Å². The molecule has 2 aromatic carbocycles. The molecule has 0 spiro atoms. The van der Waals surface area contributed by atoms with E-state index in [2.05, 4.69) is 16.6 Å². The Morgan fingerprint density at radius 3 is 2.19 bits per heavy atom. The zero-order valence-corrected chi connectivity index (χ0v) is 21.7. The molecule has 3 N–H and O–H groups in total. The Bertz CT molecular complexity index is 1420. The molecule has 2 aromatic rings. The van der Waals surface area contributed by atoms with Crippen LogP contribution in [0.25, 0.3) is 0 Å². The highest BCUT2D eigenvalue weighted by molar-refractivity contribution is 7.92. The van der Waals surface area contributed by atoms with Crippen LogP contribution in [0, 0.1) is 17.3 Å². The van der Waals surface area contributed by atoms with Crippen LogP contribution in [0.5, 0.6) is 5.75 Å². The SMILES string of the molecule is CC(C)(C)C#Cc1ccc(C(=O)NS(=O)(=O)c2ccccc2S(N)(=O)=O)cc1OCCOCC(F)(F)F. The zero-order valence-electron chi connectivity index (χ0n) is 20.0. The fourth-order valence-electron chi connectivity index (χ4n) is 2.68. The van der Waals surface area contributed by atoms with Crippen molar-refractivity contribution < 1.29 is 44.3 Å². The lowest BCUT2D eigenvalue weighted by Gasteiger charge is -2.13. The maximum Gasteiger partial charge on any atom is 0.411 e. The van der Waals surface area contributed by atoms with Crippen LogP contribution < -0.4 is 14.6 Å². The molecule has 0 aliphatic rings. The number of halogens is 3. The third-order valence-electron chi connectivity index (χ3n) is 4.24. The number of carbonyl (C=O) groups is 1. The van der Waals surface area contributed by atoms with Gasteiger partial charge < -0.3 is 9.47 Å². The highest BCUT2D eigenvalue weighted by atomic mass is 32.2. The molecule has 0 atom stereocenters. The van der Waals surface area contributed by atoms with Crippen LogP contribution in [0.1, 0.15) is 36.7 Å². The average molecular weight is 563 g/mol. The van der Waals surface area contributed by atoms with E-state index in [1.807, 2.05) is 20.8 Å². The summed E-state index contributed by atoms with van der Waals surface area (Å²) in [5, 5.41) is 5.08. The van der Waals surface area contributed by atoms with Crippen LogP contribution in [0.4, 0.5) is 13.2 Å². The monoisotopic (exact) mass is 562 g/mol. The molecule has 0 aliphatic heterocycles. The minimum atomic E-state index is -4.67. The largest absolute Gasteiger partial charge is 0.490 e. The van der Waals surface area contributed by atoms with E-state index in [9.17, 15) is 34.8 Å². The smallest absolute Gasteiger partial charge is 0.411 e. The number of hydrogen-bond acceptors (Lipinski definition) is 7. The standard InChI is InChI=1S/C23H25F3N2O7S2/c1-22(2,3)11-10-16-8-9-17(14-18(16)35-13-12-34-15-23(24,25)26)21(29)28-37(32,33)20-7-5-4-6-19(20)36(27,30)31/h4-9,14H,12-13,15H2,1-3H3,(H,28,29)(H2,27,30,31). The summed E-state index contributed by atoms with van der Waals surface area (Å²) in [5.41, 5.74) is -0.317. The van der Waals surface area contributed by atoms with E-state index >= 15 is 0 Å². The van der Waals surface area contributed by atoms with Gasteiger partial charge in [0.25, 0.3) is 15.9 Å². The fourth-order valence-corrected chi connectivity index (χ4v) is 5.04. The van der Waals surface area contributed by atoms with Gasteiger partial charge in [-0.05, 0) is 51.1 Å². The molecule has 9 nitrogen and oxygen atoms in total. The lowest BCUT2D eigenvalue weighted by molar-refractivity contribution is -0.175. The van der Waals surface area contributed by atoms with Crippen LogP contribution >= 0.6 is 0 Å². The maximum absolute atomic E-state index is 12.8. The minimum Gasteiger partial charge on any atom is -0.490 e. The Balaban J connectivity index is 2.33. The predicted octanol–water partition coefficient (Wildman–Crippen LogP) is 2.81. The van der Waals surface area contributed by atoms with Gasteiger partial charge in [-0.3, -0.25) is 4.79 Å². The number of alkyl halides is 3. The summed E-state index contributed by atoms with van der Waals surface area (Å²) in [6, 6.07) is 8.26. The predicted molar refractivity (Wildman–Crippen MR) is 128 cm³/mol. The summed E-state index contributed by atoms with van der Waals surface area (Å²) < 4.78 is 97.6. The Morgan fingerprint density at radius 2 is 1.62 bits per heavy atom. The molecular weight excluding hydrogens is 537 g/mol. The molecule has 14 heteroatoms. The maximum atomic E-state index is 12.8. The number of carbonyl (C=O) groups excluding carboxylic acids is 1. The summed E-state index contributed by atoms with van der Waals surface area (Å²) in [5.74, 6) is 4.69. The van der Waals surface area contributed by atoms with Gasteiger partial charge in [-0.15, -0.1) is 0 Å². The molecule has 0 aromatic heterocycles. The summed E-state index contributed by atoms with van der Waals surface area (Å²) in [6.07, 6.45) is -4.51. The van der Waals surface area contributed by atoms with Gasteiger partial charge in [-0.1, -0.05) is 24.0 Å². The van der Waals surface area contributed by atoms with E-state index in [0.29, 0.717) is 5.56 Å². The molecule has 2 rings (SSSR count). The van der Waals surface area contributed by atoms with Gasteiger partial charge >= 0.3 is 6.18 Å². The number of nitrogens with one attached hydrogen (secondary N) is 1. The molecular formula is C23H25F3N2O7S2. The topological polar surface area (TPSA) is 142 Å². The quantitative estimate of drug-likeness (QED) is 0.354. The van der Waals surface area contributed by atoms with Gasteiger partial charge in [0.05, 0.1) is 12.2 Å². The Morgan fingerprint density at radius 1 is 1.00 bits per heavy atom. The van der Waals surface area contributed by atoms with E-state index < -0.39 is 60.5 Å². The van der Waals surface area contributed by atoms with E-state index in [0.717, 1.165) is 18.2 Å². The van der Waals surface area contributed by atoms with Crippen molar-refractivity contribution in [2.45, 2.75) is 36.7 Å². The Labute approximate surface area is 213 Å². The van der Waals surface area contributed by atoms with Gasteiger partial charge in [0.15, 0.2) is 0 Å². The number of amides is 1. The third-order valence-corrected chi connectivity index (χ3v) is 6.73. The second-order valence-electron chi connectivity index (χ2n) is 8.65. The summed E-state index contributed by atoms with van der Waals surface area (Å²) >= 11 is 0. The summed E-state index contributed by atoms with van der Waals surface area (Å²) in [7, 11) is -9.09. The number of rotatable bonds is 9. The van der Waals surface area contributed by atoms with Crippen molar-refractivity contribution in [3.63, 3.8) is 0 Å². The van der Waals surface area contributed by atoms with Crippen molar-refractivity contribution in [1.82, 2.24) is 4.72 Å². The molecule has 0 heterocycles. The van der Waals surface area contributed by atoms with Crippen LogP contribution in [0.3, 0.4) is 0 Å². The third kappa shape index (κ3) is 9.69. The van der Waals surface area contributed by atoms with Crippen LogP contribution in [0.2, 0.25) is 0 Å². The van der Waals surface area contributed by atoms with Gasteiger partial charge in [0, 0.05) is 11.0 Å². The molecule has 0 unspecified atom stereocenters. The minimum absolute atomic E-state index is 0.00217. The molecule has 0 aliphatic carbocycles. The highest BCUT2D eigenvalue weighted by Gasteiger charge is 2.28. The van der Waals surface area contributed by atoms with Gasteiger partial charge in [-0.2, -0.15) is 13.2 Å². The zero-order chi connectivity index (χ0) is 28.1. The molecule has 1 amide bonds. The molecule has 0 bridgehead atoms. The molecule has 0 fully saturated rings. The number of primary sulfonamides is 1. The number of benzene rings is 2. The number of hydrogen-bond donors (Lipinski definition) is 2. The lowest BCUT2D eigenvalue weighted by atomic mass is 9.97. The van der Waals surface area contributed by atoms with Crippen LogP contribution in [-0.4, -0.2) is 48.7 Å². The first-order valence-electron chi connectivity index (χ1n) is 10.5. The van der Waals surface area contributed by atoms with Crippen LogP contribution in [0.15, 0.2) is 52.3 Å². The lowest BCUT2D eigenvalue weighted by Crippen LogP contribution is -2.32. The van der Waals surface area contributed by atoms with Crippen molar-refractivity contribution in [2.75, 3.05) is 19.8 Å². The second-order valence-corrected chi connectivity index (χ2v) is 11.8. The van der Waals surface area contributed by atoms with E-state index in [-0.39, 0.29) is 17.9 Å². The molecule has 37 heavy (non-hydrogen) atoms. The molecule has 0 saturated heterocycles. The first-order chi connectivity index (χ1) is 16.9. The average Bonchev–Trinajstić information content (AvgIpc) is 2.75. The number of sulfonamides is 2. The Kier molecular flexibility index (Phi) is 9.37. The summed E-state index contributed by atoms with van der Waals surface area (Å²) in [6.45, 7) is 3.34. The van der Waals surface area contributed by atoms with E-state index in [1.165, 1.54) is 24.3 Å². The summed E-state index contributed by atoms with van der Waals surface area (Å²) in [4.78, 5) is 11.3. The molecule has 0 saturated carbocycles. The first kappa shape index (κ1) is 30.1. The molecule has 202 valence electrons. The normalized spacial score (nSPS) is 12.4. The van der Waals surface area contributed by atoms with Crippen molar-refractivity contribution in [3.8, 4) is 17.6 Å². The van der Waals surface area contributed by atoms with E-state index in [1.54, 1.807) is 4.72 Å². The fraction of sp³-hybridized carbons (Fsp3) is 0.348. The van der Waals surface area contributed by atoms with Crippen molar-refractivity contribution in [1.29, 1.82) is 0 Å². The molecule has 0 radical (unpaired) electrons. The van der Waals surface area contributed by atoms with Crippen LogP contribution in [-0.2, 0) is 24.8 Å². The van der Waals surface area contributed by atoms with Gasteiger partial charge in [0.1, 0.15) is 28.8 Å². The second kappa shape index (κ2) is 11.5. The van der Waals surface area contributed by atoms with Crippen molar-refractivity contribution in [3.05, 3.63) is 53.6 Å². The highest BCUT2D eigenvalue weighted by Crippen LogP contribution is 2.23. The number of ether oxygens (including phenoxy) is 2. The van der Waals surface area contributed by atoms with Gasteiger partial charge in [0.2, 0.25) is 10.0 Å². The van der Waals surface area contributed by atoms with Crippen molar-refractivity contribution >= 4 is 26.0 Å². The Hall–Kier alpha value is -3.12. The number of nitrogens with two attached hydrogens (primary N) is 1.